The number of aliphatic hydroxyl groups is 1. The van der Waals surface area contributed by atoms with Gasteiger partial charge in [-0.05, 0) is 37.2 Å². The van der Waals surface area contributed by atoms with Crippen molar-refractivity contribution in [3.8, 4) is 0 Å². The molecule has 2 N–H and O–H groups in total. The molecule has 2 rings (SSSR count). The Bertz CT molecular complexity index is 374. The number of hydrogen-bond donors (Lipinski definition) is 2. The molecule has 0 aromatic heterocycles. The van der Waals surface area contributed by atoms with Gasteiger partial charge in [0.25, 0.3) is 0 Å². The first kappa shape index (κ1) is 12.1. The van der Waals surface area contributed by atoms with Gasteiger partial charge in [0.1, 0.15) is 0 Å². The highest BCUT2D eigenvalue weighted by Crippen LogP contribution is 2.35. The molecule has 3 heteroatoms. The lowest BCUT2D eigenvalue weighted by molar-refractivity contribution is -0.146. The summed E-state index contributed by atoms with van der Waals surface area (Å²) in [6, 6.07) is 10.1. The number of carboxylic acid groups (broad SMARTS) is 1. The number of hydrogen-bond acceptors (Lipinski definition) is 2. The van der Waals surface area contributed by atoms with Crippen molar-refractivity contribution in [2.75, 3.05) is 0 Å². The molecule has 1 fully saturated rings. The van der Waals surface area contributed by atoms with E-state index in [1.165, 1.54) is 5.56 Å². The first-order valence-corrected chi connectivity index (χ1v) is 6.13. The zero-order valence-corrected chi connectivity index (χ0v) is 9.75. The Labute approximate surface area is 101 Å². The quantitative estimate of drug-likeness (QED) is 0.838. The minimum absolute atomic E-state index is 0.114. The van der Waals surface area contributed by atoms with Crippen molar-refractivity contribution < 1.29 is 15.0 Å². The number of carboxylic acids is 1. The Morgan fingerprint density at radius 1 is 1.24 bits per heavy atom. The van der Waals surface area contributed by atoms with Crippen molar-refractivity contribution in [3.63, 3.8) is 0 Å². The molecule has 92 valence electrons. The SMILES string of the molecule is O=C(O)C1C(O)CCC1CCc1ccccc1. The third-order valence-corrected chi connectivity index (χ3v) is 3.69. The van der Waals surface area contributed by atoms with Crippen LogP contribution in [0.2, 0.25) is 0 Å². The second-order valence-electron chi connectivity index (χ2n) is 4.79. The topological polar surface area (TPSA) is 57.5 Å². The molecule has 1 aliphatic carbocycles. The van der Waals surface area contributed by atoms with Crippen LogP contribution < -0.4 is 0 Å². The second kappa shape index (κ2) is 5.32. The Morgan fingerprint density at radius 3 is 2.59 bits per heavy atom. The minimum atomic E-state index is -0.854. The van der Waals surface area contributed by atoms with E-state index in [1.807, 2.05) is 18.2 Å². The van der Waals surface area contributed by atoms with Gasteiger partial charge in [-0.25, -0.2) is 0 Å². The monoisotopic (exact) mass is 234 g/mol. The van der Waals surface area contributed by atoms with Crippen LogP contribution in [0.15, 0.2) is 30.3 Å². The van der Waals surface area contributed by atoms with Crippen LogP contribution >= 0.6 is 0 Å². The van der Waals surface area contributed by atoms with E-state index in [4.69, 9.17) is 5.11 Å². The van der Waals surface area contributed by atoms with E-state index < -0.39 is 18.0 Å². The summed E-state index contributed by atoms with van der Waals surface area (Å²) in [7, 11) is 0. The van der Waals surface area contributed by atoms with E-state index >= 15 is 0 Å². The Kier molecular flexibility index (Phi) is 3.79. The summed E-state index contributed by atoms with van der Waals surface area (Å²) in [6.07, 6.45) is 2.52. The number of aliphatic carboxylic acids is 1. The van der Waals surface area contributed by atoms with Crippen LogP contribution in [0.5, 0.6) is 0 Å². The molecule has 0 bridgehead atoms. The summed E-state index contributed by atoms with van der Waals surface area (Å²) in [5, 5.41) is 18.7. The van der Waals surface area contributed by atoms with Gasteiger partial charge in [-0.1, -0.05) is 30.3 Å². The summed E-state index contributed by atoms with van der Waals surface area (Å²) < 4.78 is 0. The summed E-state index contributed by atoms with van der Waals surface area (Å²) in [4.78, 5) is 11.1. The van der Waals surface area contributed by atoms with Crippen LogP contribution in [-0.4, -0.2) is 22.3 Å². The highest BCUT2D eigenvalue weighted by atomic mass is 16.4. The van der Waals surface area contributed by atoms with Crippen LogP contribution in [0.1, 0.15) is 24.8 Å². The lowest BCUT2D eigenvalue weighted by atomic mass is 9.89. The third kappa shape index (κ3) is 2.86. The fourth-order valence-corrected chi connectivity index (χ4v) is 2.74. The summed E-state index contributed by atoms with van der Waals surface area (Å²) in [5.41, 5.74) is 1.23. The Balaban J connectivity index is 1.93. The zero-order chi connectivity index (χ0) is 12.3. The maximum Gasteiger partial charge on any atom is 0.309 e. The molecule has 3 unspecified atom stereocenters. The van der Waals surface area contributed by atoms with Gasteiger partial charge in [-0.15, -0.1) is 0 Å². The molecule has 3 atom stereocenters. The number of aliphatic hydroxyl groups excluding tert-OH is 1. The fourth-order valence-electron chi connectivity index (χ4n) is 2.74. The van der Waals surface area contributed by atoms with Gasteiger partial charge in [0, 0.05) is 0 Å². The average Bonchev–Trinajstić information content (AvgIpc) is 2.69. The van der Waals surface area contributed by atoms with E-state index in [-0.39, 0.29) is 5.92 Å². The molecule has 1 aliphatic rings. The molecule has 0 saturated heterocycles. The number of benzene rings is 1. The van der Waals surface area contributed by atoms with Crippen molar-refractivity contribution in [1.29, 1.82) is 0 Å². The van der Waals surface area contributed by atoms with Gasteiger partial charge in [-0.3, -0.25) is 4.79 Å². The van der Waals surface area contributed by atoms with Crippen LogP contribution in [0.4, 0.5) is 0 Å². The molecule has 1 aromatic carbocycles. The molecular formula is C14H18O3. The van der Waals surface area contributed by atoms with Gasteiger partial charge in [-0.2, -0.15) is 0 Å². The van der Waals surface area contributed by atoms with Crippen LogP contribution in [0.25, 0.3) is 0 Å². The standard InChI is InChI=1S/C14H18O3/c15-12-9-8-11(13(12)14(16)17)7-6-10-4-2-1-3-5-10/h1-5,11-13,15H,6-9H2,(H,16,17). The first-order chi connectivity index (χ1) is 8.18. The van der Waals surface area contributed by atoms with Crippen LogP contribution in [-0.2, 0) is 11.2 Å². The predicted octanol–water partition coefficient (Wildman–Crippen LogP) is 2.09. The number of aryl methyl sites for hydroxylation is 1. The maximum atomic E-state index is 11.1. The van der Waals surface area contributed by atoms with E-state index in [0.29, 0.717) is 6.42 Å². The molecule has 0 heterocycles. The van der Waals surface area contributed by atoms with Crippen molar-refractivity contribution in [1.82, 2.24) is 0 Å². The van der Waals surface area contributed by atoms with Gasteiger partial charge >= 0.3 is 5.97 Å². The van der Waals surface area contributed by atoms with Crippen molar-refractivity contribution in [3.05, 3.63) is 35.9 Å². The number of carbonyl (C=O) groups is 1. The van der Waals surface area contributed by atoms with Crippen LogP contribution in [0.3, 0.4) is 0 Å². The Morgan fingerprint density at radius 2 is 1.94 bits per heavy atom. The van der Waals surface area contributed by atoms with Crippen molar-refractivity contribution in [2.24, 2.45) is 11.8 Å². The lowest BCUT2D eigenvalue weighted by Crippen LogP contribution is -2.28. The van der Waals surface area contributed by atoms with Gasteiger partial charge in [0.15, 0.2) is 0 Å². The van der Waals surface area contributed by atoms with E-state index in [2.05, 4.69) is 12.1 Å². The summed E-state index contributed by atoms with van der Waals surface area (Å²) in [6.45, 7) is 0. The van der Waals surface area contributed by atoms with Crippen LogP contribution in [0, 0.1) is 11.8 Å². The first-order valence-electron chi connectivity index (χ1n) is 6.13. The molecule has 3 nitrogen and oxygen atoms in total. The fraction of sp³-hybridized carbons (Fsp3) is 0.500. The van der Waals surface area contributed by atoms with E-state index in [0.717, 1.165) is 19.3 Å². The summed E-state index contributed by atoms with van der Waals surface area (Å²) in [5.74, 6) is -1.31. The van der Waals surface area contributed by atoms with Crippen molar-refractivity contribution in [2.45, 2.75) is 31.8 Å². The normalized spacial score (nSPS) is 28.2. The minimum Gasteiger partial charge on any atom is -0.481 e. The Hall–Kier alpha value is -1.35. The molecule has 0 amide bonds. The van der Waals surface area contributed by atoms with E-state index in [1.54, 1.807) is 0 Å². The predicted molar refractivity (Wildman–Crippen MR) is 64.6 cm³/mol. The molecule has 1 saturated carbocycles. The van der Waals surface area contributed by atoms with Gasteiger partial charge in [0.05, 0.1) is 12.0 Å². The molecule has 0 radical (unpaired) electrons. The third-order valence-electron chi connectivity index (χ3n) is 3.69. The summed E-state index contributed by atoms with van der Waals surface area (Å²) >= 11 is 0. The largest absolute Gasteiger partial charge is 0.481 e. The molecule has 1 aromatic rings. The van der Waals surface area contributed by atoms with Crippen molar-refractivity contribution >= 4 is 5.97 Å². The van der Waals surface area contributed by atoms with Gasteiger partial charge in [0.2, 0.25) is 0 Å². The highest BCUT2D eigenvalue weighted by Gasteiger charge is 2.39. The zero-order valence-electron chi connectivity index (χ0n) is 9.75. The van der Waals surface area contributed by atoms with E-state index in [9.17, 15) is 9.90 Å². The molecule has 0 spiro atoms. The molecule has 17 heavy (non-hydrogen) atoms. The smallest absolute Gasteiger partial charge is 0.309 e. The molecule has 0 aliphatic heterocycles. The highest BCUT2D eigenvalue weighted by molar-refractivity contribution is 5.71. The van der Waals surface area contributed by atoms with Gasteiger partial charge < -0.3 is 10.2 Å². The second-order valence-corrected chi connectivity index (χ2v) is 4.79. The average molecular weight is 234 g/mol. The molecular weight excluding hydrogens is 216 g/mol. The number of rotatable bonds is 4. The maximum absolute atomic E-state index is 11.1. The lowest BCUT2D eigenvalue weighted by Gasteiger charge is -2.17.